The SMILES string of the molecule is COc1ccc(C#N)cc1CNC1CCC(=O)N(C)C1=O. The van der Waals surface area contributed by atoms with E-state index in [0.717, 1.165) is 10.5 Å². The van der Waals surface area contributed by atoms with E-state index in [4.69, 9.17) is 10.00 Å². The number of likely N-dealkylation sites (tertiary alicyclic amines) is 1. The van der Waals surface area contributed by atoms with Gasteiger partial charge in [-0.05, 0) is 24.6 Å². The van der Waals surface area contributed by atoms with Gasteiger partial charge in [-0.25, -0.2) is 0 Å². The molecule has 21 heavy (non-hydrogen) atoms. The number of ether oxygens (including phenoxy) is 1. The Morgan fingerprint density at radius 3 is 2.90 bits per heavy atom. The van der Waals surface area contributed by atoms with Gasteiger partial charge in [-0.1, -0.05) is 0 Å². The maximum Gasteiger partial charge on any atom is 0.246 e. The third-order valence-corrected chi connectivity index (χ3v) is 3.60. The Morgan fingerprint density at radius 1 is 1.48 bits per heavy atom. The van der Waals surface area contributed by atoms with E-state index < -0.39 is 0 Å². The Balaban J connectivity index is 2.08. The van der Waals surface area contributed by atoms with E-state index in [2.05, 4.69) is 11.4 Å². The fourth-order valence-electron chi connectivity index (χ4n) is 2.32. The second-order valence-corrected chi connectivity index (χ2v) is 4.90. The molecule has 6 heteroatoms. The Labute approximate surface area is 123 Å². The lowest BCUT2D eigenvalue weighted by molar-refractivity contribution is -0.148. The Bertz CT molecular complexity index is 607. The van der Waals surface area contributed by atoms with Crippen molar-refractivity contribution in [3.8, 4) is 11.8 Å². The molecule has 0 bridgehead atoms. The standard InChI is InChI=1S/C15H17N3O3/c1-18-14(19)6-4-12(15(18)20)17-9-11-7-10(8-16)3-5-13(11)21-2/h3,5,7,12,17H,4,6,9H2,1-2H3. The van der Waals surface area contributed by atoms with Crippen LogP contribution in [-0.4, -0.2) is 36.9 Å². The molecule has 0 aromatic heterocycles. The van der Waals surface area contributed by atoms with Gasteiger partial charge in [0.05, 0.1) is 24.8 Å². The summed E-state index contributed by atoms with van der Waals surface area (Å²) in [5.41, 5.74) is 1.35. The van der Waals surface area contributed by atoms with Crippen molar-refractivity contribution in [3.05, 3.63) is 29.3 Å². The van der Waals surface area contributed by atoms with Crippen LogP contribution in [0.3, 0.4) is 0 Å². The lowest BCUT2D eigenvalue weighted by Crippen LogP contribution is -2.51. The second-order valence-electron chi connectivity index (χ2n) is 4.90. The third-order valence-electron chi connectivity index (χ3n) is 3.60. The van der Waals surface area contributed by atoms with Crippen LogP contribution in [0.5, 0.6) is 5.75 Å². The van der Waals surface area contributed by atoms with Crippen LogP contribution in [0, 0.1) is 11.3 Å². The summed E-state index contributed by atoms with van der Waals surface area (Å²) in [5, 5.41) is 12.1. The number of rotatable bonds is 4. The van der Waals surface area contributed by atoms with Crippen molar-refractivity contribution in [2.75, 3.05) is 14.2 Å². The molecule has 1 aliphatic rings. The zero-order valence-corrected chi connectivity index (χ0v) is 12.0. The van der Waals surface area contributed by atoms with Crippen molar-refractivity contribution in [3.63, 3.8) is 0 Å². The first kappa shape index (κ1) is 15.0. The highest BCUT2D eigenvalue weighted by Crippen LogP contribution is 2.20. The van der Waals surface area contributed by atoms with Crippen LogP contribution < -0.4 is 10.1 Å². The largest absolute Gasteiger partial charge is 0.496 e. The summed E-state index contributed by atoms with van der Waals surface area (Å²) < 4.78 is 5.25. The molecule has 1 aliphatic heterocycles. The smallest absolute Gasteiger partial charge is 0.246 e. The Kier molecular flexibility index (Phi) is 4.55. The lowest BCUT2D eigenvalue weighted by atomic mass is 10.0. The maximum absolute atomic E-state index is 12.0. The zero-order valence-electron chi connectivity index (χ0n) is 12.0. The van der Waals surface area contributed by atoms with Gasteiger partial charge in [-0.15, -0.1) is 0 Å². The third kappa shape index (κ3) is 3.20. The molecule has 1 unspecified atom stereocenters. The lowest BCUT2D eigenvalue weighted by Gasteiger charge is -2.28. The average Bonchev–Trinajstić information content (AvgIpc) is 2.51. The van der Waals surface area contributed by atoms with Gasteiger partial charge in [-0.3, -0.25) is 14.5 Å². The molecular weight excluding hydrogens is 270 g/mol. The molecular formula is C15H17N3O3. The summed E-state index contributed by atoms with van der Waals surface area (Å²) in [4.78, 5) is 24.6. The quantitative estimate of drug-likeness (QED) is 0.828. The van der Waals surface area contributed by atoms with E-state index in [0.29, 0.717) is 30.7 Å². The highest BCUT2D eigenvalue weighted by atomic mass is 16.5. The van der Waals surface area contributed by atoms with Crippen LogP contribution in [0.4, 0.5) is 0 Å². The molecule has 1 atom stereocenters. The highest BCUT2D eigenvalue weighted by Gasteiger charge is 2.31. The molecule has 0 aliphatic carbocycles. The van der Waals surface area contributed by atoms with Gasteiger partial charge in [0.15, 0.2) is 0 Å². The number of likely N-dealkylation sites (N-methyl/N-ethyl adjacent to an activating group) is 1. The number of piperidine rings is 1. The second kappa shape index (κ2) is 6.37. The normalized spacial score (nSPS) is 18.5. The summed E-state index contributed by atoms with van der Waals surface area (Å²) in [6, 6.07) is 6.83. The first-order chi connectivity index (χ1) is 10.1. The molecule has 1 saturated heterocycles. The molecule has 1 aromatic rings. The van der Waals surface area contributed by atoms with Gasteiger partial charge in [0.1, 0.15) is 5.75 Å². The molecule has 1 fully saturated rings. The number of carbonyl (C=O) groups is 2. The number of benzene rings is 1. The topological polar surface area (TPSA) is 82.4 Å². The van der Waals surface area contributed by atoms with E-state index >= 15 is 0 Å². The zero-order chi connectivity index (χ0) is 15.4. The number of imide groups is 1. The summed E-state index contributed by atoms with van der Waals surface area (Å²) in [6.07, 6.45) is 0.845. The van der Waals surface area contributed by atoms with Crippen LogP contribution in [0.1, 0.15) is 24.0 Å². The van der Waals surface area contributed by atoms with Crippen LogP contribution in [-0.2, 0) is 16.1 Å². The number of nitrogens with one attached hydrogen (secondary N) is 1. The average molecular weight is 287 g/mol. The van der Waals surface area contributed by atoms with Crippen LogP contribution >= 0.6 is 0 Å². The van der Waals surface area contributed by atoms with E-state index in [9.17, 15) is 9.59 Å². The van der Waals surface area contributed by atoms with Crippen molar-refractivity contribution < 1.29 is 14.3 Å². The van der Waals surface area contributed by atoms with Crippen molar-refractivity contribution in [1.29, 1.82) is 5.26 Å². The number of nitrogens with zero attached hydrogens (tertiary/aromatic N) is 2. The molecule has 110 valence electrons. The first-order valence-electron chi connectivity index (χ1n) is 6.67. The minimum absolute atomic E-state index is 0.151. The summed E-state index contributed by atoms with van der Waals surface area (Å²) in [6.45, 7) is 0.400. The van der Waals surface area contributed by atoms with Crippen LogP contribution in [0.25, 0.3) is 0 Å². The molecule has 6 nitrogen and oxygen atoms in total. The molecule has 1 aromatic carbocycles. The minimum atomic E-state index is -0.386. The van der Waals surface area contributed by atoms with Crippen molar-refractivity contribution in [1.82, 2.24) is 10.2 Å². The molecule has 2 amide bonds. The van der Waals surface area contributed by atoms with Gasteiger partial charge >= 0.3 is 0 Å². The molecule has 0 saturated carbocycles. The fourth-order valence-corrected chi connectivity index (χ4v) is 2.32. The van der Waals surface area contributed by atoms with Gasteiger partial charge in [0.25, 0.3) is 0 Å². The molecule has 0 spiro atoms. The summed E-state index contributed by atoms with van der Waals surface area (Å²) >= 11 is 0. The van der Waals surface area contributed by atoms with E-state index in [1.807, 2.05) is 0 Å². The highest BCUT2D eigenvalue weighted by molar-refractivity contribution is 6.00. The summed E-state index contributed by atoms with van der Waals surface area (Å²) in [5.74, 6) is 0.290. The van der Waals surface area contributed by atoms with Gasteiger partial charge < -0.3 is 10.1 Å². The number of carbonyl (C=O) groups excluding carboxylic acids is 2. The molecule has 1 N–H and O–H groups in total. The minimum Gasteiger partial charge on any atom is -0.496 e. The fraction of sp³-hybridized carbons (Fsp3) is 0.400. The van der Waals surface area contributed by atoms with Crippen molar-refractivity contribution >= 4 is 11.8 Å². The number of hydrogen-bond acceptors (Lipinski definition) is 5. The van der Waals surface area contributed by atoms with Gasteiger partial charge in [0.2, 0.25) is 11.8 Å². The number of methoxy groups -OCH3 is 1. The Hall–Kier alpha value is -2.39. The van der Waals surface area contributed by atoms with Crippen molar-refractivity contribution in [2.45, 2.75) is 25.4 Å². The molecule has 1 heterocycles. The first-order valence-corrected chi connectivity index (χ1v) is 6.67. The van der Waals surface area contributed by atoms with Crippen LogP contribution in [0.15, 0.2) is 18.2 Å². The molecule has 2 rings (SSSR count). The number of amides is 2. The summed E-state index contributed by atoms with van der Waals surface area (Å²) in [7, 11) is 3.05. The predicted molar refractivity (Wildman–Crippen MR) is 75.3 cm³/mol. The number of hydrogen-bond donors (Lipinski definition) is 1. The van der Waals surface area contributed by atoms with Gasteiger partial charge in [0, 0.05) is 25.6 Å². The van der Waals surface area contributed by atoms with E-state index in [-0.39, 0.29) is 17.9 Å². The van der Waals surface area contributed by atoms with E-state index in [1.54, 1.807) is 25.3 Å². The van der Waals surface area contributed by atoms with Crippen molar-refractivity contribution in [2.24, 2.45) is 0 Å². The number of nitriles is 1. The molecule has 0 radical (unpaired) electrons. The monoisotopic (exact) mass is 287 g/mol. The van der Waals surface area contributed by atoms with Crippen LogP contribution in [0.2, 0.25) is 0 Å². The van der Waals surface area contributed by atoms with E-state index in [1.165, 1.54) is 7.05 Å². The predicted octanol–water partition coefficient (Wildman–Crippen LogP) is 0.804. The maximum atomic E-state index is 12.0. The Morgan fingerprint density at radius 2 is 2.24 bits per heavy atom. The van der Waals surface area contributed by atoms with Gasteiger partial charge in [-0.2, -0.15) is 5.26 Å².